The average Bonchev–Trinajstić information content (AvgIpc) is 3.23. The number of hydrogen-bond donors (Lipinski definition) is 7. The van der Waals surface area contributed by atoms with E-state index in [-0.39, 0.29) is 12.8 Å². The molecule has 1 aliphatic carbocycles. The number of ether oxygens (including phenoxy) is 2. The maximum atomic E-state index is 13.0. The van der Waals surface area contributed by atoms with Crippen LogP contribution in [0.15, 0.2) is 24.3 Å². The maximum absolute atomic E-state index is 13.0. The first-order valence-corrected chi connectivity index (χ1v) is 26.9. The van der Waals surface area contributed by atoms with Crippen LogP contribution in [0.2, 0.25) is 0 Å². The van der Waals surface area contributed by atoms with Crippen LogP contribution in [-0.2, 0) is 41.8 Å². The van der Waals surface area contributed by atoms with Gasteiger partial charge >= 0.3 is 27.6 Å². The van der Waals surface area contributed by atoms with Crippen molar-refractivity contribution in [2.45, 2.75) is 236 Å². The average molecular weight is 943 g/mol. The summed E-state index contributed by atoms with van der Waals surface area (Å²) in [6, 6.07) is 0. The molecule has 0 bridgehead atoms. The number of rotatable bonds is 40. The molecule has 16 nitrogen and oxygen atoms in total. The van der Waals surface area contributed by atoms with Gasteiger partial charge < -0.3 is 44.6 Å². The Morgan fingerprint density at radius 3 is 1.41 bits per heavy atom. The van der Waals surface area contributed by atoms with Gasteiger partial charge in [0, 0.05) is 12.8 Å². The molecule has 0 saturated heterocycles. The highest BCUT2D eigenvalue weighted by atomic mass is 31.2. The molecule has 0 spiro atoms. The molecule has 63 heavy (non-hydrogen) atoms. The molecule has 8 unspecified atom stereocenters. The molecule has 1 aliphatic rings. The first-order chi connectivity index (χ1) is 30.1. The summed E-state index contributed by atoms with van der Waals surface area (Å²) >= 11 is 0. The summed E-state index contributed by atoms with van der Waals surface area (Å²) < 4.78 is 49.4. The van der Waals surface area contributed by atoms with Crippen LogP contribution < -0.4 is 0 Å². The molecule has 0 amide bonds. The Hall–Kier alpha value is -1.52. The van der Waals surface area contributed by atoms with Crippen molar-refractivity contribution in [3.63, 3.8) is 0 Å². The number of carbonyl (C=O) groups is 2. The van der Waals surface area contributed by atoms with Crippen molar-refractivity contribution in [3.8, 4) is 0 Å². The van der Waals surface area contributed by atoms with Crippen molar-refractivity contribution in [2.24, 2.45) is 0 Å². The van der Waals surface area contributed by atoms with E-state index in [1.807, 2.05) is 0 Å². The summed E-state index contributed by atoms with van der Waals surface area (Å²) in [6.07, 6.45) is 22.7. The van der Waals surface area contributed by atoms with Gasteiger partial charge in [-0.25, -0.2) is 9.13 Å². The monoisotopic (exact) mass is 943 g/mol. The van der Waals surface area contributed by atoms with Crippen molar-refractivity contribution < 1.29 is 76.9 Å². The number of phosphoric ester groups is 2. The largest absolute Gasteiger partial charge is 0.472 e. The molecule has 0 aromatic carbocycles. The zero-order chi connectivity index (χ0) is 46.8. The Balaban J connectivity index is 2.59. The highest BCUT2D eigenvalue weighted by Gasteiger charge is 2.54. The van der Waals surface area contributed by atoms with Crippen molar-refractivity contribution in [2.75, 3.05) is 13.2 Å². The third-order valence-electron chi connectivity index (χ3n) is 11.0. The number of aliphatic hydroxyl groups is 4. The summed E-state index contributed by atoms with van der Waals surface area (Å²) in [7, 11) is -10.7. The third kappa shape index (κ3) is 31.2. The first kappa shape index (κ1) is 59.5. The zero-order valence-electron chi connectivity index (χ0n) is 38.3. The van der Waals surface area contributed by atoms with Crippen molar-refractivity contribution in [3.05, 3.63) is 24.3 Å². The number of hydrogen-bond acceptors (Lipinski definition) is 13. The molecule has 0 aliphatic heterocycles. The van der Waals surface area contributed by atoms with Crippen LogP contribution in [0.3, 0.4) is 0 Å². The van der Waals surface area contributed by atoms with Crippen molar-refractivity contribution in [1.82, 2.24) is 0 Å². The number of phosphoric acid groups is 2. The fourth-order valence-electron chi connectivity index (χ4n) is 7.29. The van der Waals surface area contributed by atoms with Crippen molar-refractivity contribution >= 4 is 27.6 Å². The Bertz CT molecular complexity index is 1330. The minimum absolute atomic E-state index is 0.0379. The van der Waals surface area contributed by atoms with Gasteiger partial charge in [-0.3, -0.25) is 23.2 Å². The first-order valence-electron chi connectivity index (χ1n) is 23.9. The lowest BCUT2D eigenvalue weighted by Crippen LogP contribution is -2.64. The Kier molecular flexibility index (Phi) is 34.5. The van der Waals surface area contributed by atoms with E-state index in [4.69, 9.17) is 28.3 Å². The van der Waals surface area contributed by atoms with E-state index in [1.165, 1.54) is 70.6 Å². The van der Waals surface area contributed by atoms with Gasteiger partial charge in [-0.1, -0.05) is 160 Å². The highest BCUT2D eigenvalue weighted by molar-refractivity contribution is 7.47. The van der Waals surface area contributed by atoms with Crippen molar-refractivity contribution in [1.29, 1.82) is 0 Å². The number of aliphatic hydroxyl groups excluding tert-OH is 4. The molecule has 0 radical (unpaired) electrons. The van der Waals surface area contributed by atoms with E-state index in [1.54, 1.807) is 0 Å². The van der Waals surface area contributed by atoms with Gasteiger partial charge in [0.15, 0.2) is 6.10 Å². The zero-order valence-corrected chi connectivity index (χ0v) is 40.1. The summed E-state index contributed by atoms with van der Waals surface area (Å²) in [6.45, 7) is 3.08. The summed E-state index contributed by atoms with van der Waals surface area (Å²) in [5.41, 5.74) is 0. The van der Waals surface area contributed by atoms with E-state index in [9.17, 15) is 44.0 Å². The number of carbonyl (C=O) groups excluding carboxylic acids is 2. The maximum Gasteiger partial charge on any atom is 0.472 e. The molecule has 1 fully saturated rings. The van der Waals surface area contributed by atoms with Crippen LogP contribution in [0.5, 0.6) is 0 Å². The molecule has 0 heterocycles. The second-order valence-corrected chi connectivity index (χ2v) is 19.4. The molecule has 370 valence electrons. The normalized spacial score (nSPS) is 22.1. The molecule has 18 heteroatoms. The van der Waals surface area contributed by atoms with Crippen LogP contribution in [0.1, 0.15) is 194 Å². The van der Waals surface area contributed by atoms with Gasteiger partial charge in [0.25, 0.3) is 0 Å². The number of esters is 2. The Morgan fingerprint density at radius 1 is 0.508 bits per heavy atom. The molecule has 0 aromatic rings. The number of unbranched alkanes of at least 4 members (excludes halogenated alkanes) is 22. The highest BCUT2D eigenvalue weighted by Crippen LogP contribution is 2.49. The lowest BCUT2D eigenvalue weighted by atomic mass is 9.85. The van der Waals surface area contributed by atoms with Crippen LogP contribution in [0, 0.1) is 0 Å². The molecule has 1 saturated carbocycles. The molecular formula is C45H84O16P2. The summed E-state index contributed by atoms with van der Waals surface area (Å²) in [4.78, 5) is 54.2. The van der Waals surface area contributed by atoms with Crippen LogP contribution in [0.4, 0.5) is 0 Å². The SMILES string of the molecule is CCCCCC=CCC=CCCCCCCCCCC(=O)OC(COC(=O)CCCCCCCCCCCCCCC)COP(=O)(O)OC1C(O)C(O)C(O)C(OP(=O)(O)O)C1O. The van der Waals surface area contributed by atoms with E-state index >= 15 is 0 Å². The van der Waals surface area contributed by atoms with E-state index < -0.39 is 83.5 Å². The number of allylic oxidation sites excluding steroid dienone is 4. The Labute approximate surface area is 377 Å². The molecule has 8 atom stereocenters. The van der Waals surface area contributed by atoms with Gasteiger partial charge in [-0.15, -0.1) is 0 Å². The minimum atomic E-state index is -5.36. The fraction of sp³-hybridized carbons (Fsp3) is 0.867. The second kappa shape index (κ2) is 36.6. The smallest absolute Gasteiger partial charge is 0.462 e. The predicted octanol–water partition coefficient (Wildman–Crippen LogP) is 8.95. The van der Waals surface area contributed by atoms with E-state index in [2.05, 4.69) is 42.7 Å². The fourth-order valence-corrected chi connectivity index (χ4v) is 8.83. The molecular weight excluding hydrogens is 858 g/mol. The minimum Gasteiger partial charge on any atom is -0.462 e. The van der Waals surface area contributed by atoms with E-state index in [0.717, 1.165) is 83.5 Å². The van der Waals surface area contributed by atoms with Crippen LogP contribution in [0.25, 0.3) is 0 Å². The quantitative estimate of drug-likeness (QED) is 0.0131. The standard InChI is InChI=1S/C45H84O16P2/c1-3-5-7-9-11-13-15-17-18-19-20-22-24-26-28-30-32-34-39(47)59-37(35-57-38(46)33-31-29-27-25-23-21-16-14-12-10-8-6-4-2)36-58-63(55,56)61-45-42(50)40(48)41(49)44(43(45)51)60-62(52,53)54/h11,13,17-18,37,40-45,48-51H,3-10,12,14-16,19-36H2,1-2H3,(H,55,56)(H2,52,53,54). The summed E-state index contributed by atoms with van der Waals surface area (Å²) in [5, 5.41) is 41.2. The topological polar surface area (TPSA) is 256 Å². The van der Waals surface area contributed by atoms with E-state index in [0.29, 0.717) is 12.8 Å². The Morgan fingerprint density at radius 2 is 0.921 bits per heavy atom. The van der Waals surface area contributed by atoms with Gasteiger partial charge in [0.05, 0.1) is 6.61 Å². The predicted molar refractivity (Wildman–Crippen MR) is 241 cm³/mol. The lowest BCUT2D eigenvalue weighted by Gasteiger charge is -2.43. The third-order valence-corrected chi connectivity index (χ3v) is 12.5. The van der Waals surface area contributed by atoms with Crippen LogP contribution in [-0.4, -0.2) is 103 Å². The van der Waals surface area contributed by atoms with Crippen LogP contribution >= 0.6 is 15.6 Å². The van der Waals surface area contributed by atoms with Gasteiger partial charge in [0.1, 0.15) is 43.2 Å². The summed E-state index contributed by atoms with van der Waals surface area (Å²) in [5.74, 6) is -1.21. The molecule has 1 rings (SSSR count). The van der Waals surface area contributed by atoms with Gasteiger partial charge in [-0.2, -0.15) is 0 Å². The lowest BCUT2D eigenvalue weighted by molar-refractivity contribution is -0.216. The molecule has 7 N–H and O–H groups in total. The second-order valence-electron chi connectivity index (χ2n) is 16.8. The van der Waals surface area contributed by atoms with Gasteiger partial charge in [-0.05, 0) is 44.9 Å². The molecule has 0 aromatic heterocycles. The van der Waals surface area contributed by atoms with Gasteiger partial charge in [0.2, 0.25) is 0 Å².